The van der Waals surface area contributed by atoms with Crippen molar-refractivity contribution in [3.05, 3.63) is 11.3 Å². The first-order valence-corrected chi connectivity index (χ1v) is 5.03. The molecule has 0 amide bonds. The molecule has 0 spiro atoms. The van der Waals surface area contributed by atoms with Gasteiger partial charge in [0, 0.05) is 0 Å². The molecule has 0 aromatic carbocycles. The zero-order valence-electron chi connectivity index (χ0n) is 8.06. The van der Waals surface area contributed by atoms with Crippen LogP contribution in [0, 0.1) is 12.3 Å². The molecular formula is C7H3F3O7S. The summed E-state index contributed by atoms with van der Waals surface area (Å²) in [7, 11) is -6.25. The van der Waals surface area contributed by atoms with Gasteiger partial charge in [0.2, 0.25) is 5.76 Å². The van der Waals surface area contributed by atoms with Crippen molar-refractivity contribution in [1.29, 1.82) is 0 Å². The molecule has 0 aromatic heterocycles. The predicted molar refractivity (Wildman–Crippen MR) is 47.2 cm³/mol. The van der Waals surface area contributed by atoms with Crippen molar-refractivity contribution in [1.82, 2.24) is 0 Å². The van der Waals surface area contributed by atoms with Crippen molar-refractivity contribution < 1.29 is 45.6 Å². The molecule has 18 heavy (non-hydrogen) atoms. The summed E-state index contributed by atoms with van der Waals surface area (Å²) in [5.74, 6) is -5.19. The number of terminal acetylenes is 1. The molecule has 100 valence electrons. The fourth-order valence-corrected chi connectivity index (χ4v) is 1.03. The summed E-state index contributed by atoms with van der Waals surface area (Å²) in [4.78, 5) is 20.8. The third-order valence-electron chi connectivity index (χ3n) is 1.26. The van der Waals surface area contributed by atoms with Gasteiger partial charge in [-0.1, -0.05) is 0 Å². The molecule has 0 aliphatic carbocycles. The number of carbonyl (C=O) groups is 2. The van der Waals surface area contributed by atoms with Crippen molar-refractivity contribution in [2.75, 3.05) is 0 Å². The number of aliphatic carboxylic acids is 2. The van der Waals surface area contributed by atoms with E-state index < -0.39 is 38.9 Å². The summed E-state index contributed by atoms with van der Waals surface area (Å²) in [5.41, 5.74) is -7.69. The van der Waals surface area contributed by atoms with Gasteiger partial charge in [-0.25, -0.2) is 9.59 Å². The van der Waals surface area contributed by atoms with Crippen LogP contribution in [0.15, 0.2) is 11.3 Å². The molecule has 0 aliphatic heterocycles. The molecule has 0 aliphatic rings. The maximum absolute atomic E-state index is 11.9. The zero-order chi connectivity index (χ0) is 14.7. The Morgan fingerprint density at radius 3 is 1.78 bits per heavy atom. The molecular weight excluding hydrogens is 285 g/mol. The average molecular weight is 288 g/mol. The Bertz CT molecular complexity index is 533. The van der Waals surface area contributed by atoms with E-state index in [0.717, 1.165) is 5.92 Å². The summed E-state index contributed by atoms with van der Waals surface area (Å²) in [6.45, 7) is 0. The molecule has 2 N–H and O–H groups in total. The molecule has 0 radical (unpaired) electrons. The van der Waals surface area contributed by atoms with Gasteiger partial charge in [0.1, 0.15) is 0 Å². The fourth-order valence-electron chi connectivity index (χ4n) is 0.581. The first-order chi connectivity index (χ1) is 7.94. The van der Waals surface area contributed by atoms with Crippen LogP contribution in [0.25, 0.3) is 0 Å². The lowest BCUT2D eigenvalue weighted by Crippen LogP contribution is -2.27. The van der Waals surface area contributed by atoms with E-state index in [1.807, 2.05) is 0 Å². The van der Waals surface area contributed by atoms with Crippen molar-refractivity contribution in [3.63, 3.8) is 0 Å². The second kappa shape index (κ2) is 4.96. The standard InChI is InChI=1S/C7H3F3O7S/c1-2-3(4(5(11)12)6(13)14)17-18(15,16)7(8,9)10/h1H,(H,11,12)(H,13,14). The first-order valence-electron chi connectivity index (χ1n) is 3.62. The van der Waals surface area contributed by atoms with Gasteiger partial charge in [-0.15, -0.1) is 6.42 Å². The van der Waals surface area contributed by atoms with Crippen LogP contribution in [0.3, 0.4) is 0 Å². The number of halogens is 3. The molecule has 0 bridgehead atoms. The van der Waals surface area contributed by atoms with Crippen molar-refractivity contribution in [2.45, 2.75) is 5.51 Å². The molecule has 0 saturated heterocycles. The maximum atomic E-state index is 11.9. The Kier molecular flexibility index (Phi) is 4.35. The lowest BCUT2D eigenvalue weighted by molar-refractivity contribution is -0.140. The molecule has 0 fully saturated rings. The minimum absolute atomic E-state index is 1.11. The second-order valence-corrected chi connectivity index (χ2v) is 3.98. The second-order valence-electron chi connectivity index (χ2n) is 2.44. The van der Waals surface area contributed by atoms with E-state index in [2.05, 4.69) is 10.6 Å². The van der Waals surface area contributed by atoms with E-state index in [1.54, 1.807) is 0 Å². The number of hydrogen-bond donors (Lipinski definition) is 2. The van der Waals surface area contributed by atoms with Gasteiger partial charge < -0.3 is 14.4 Å². The summed E-state index contributed by atoms with van der Waals surface area (Å²) in [6, 6.07) is 0. The third kappa shape index (κ3) is 3.39. The van der Waals surface area contributed by atoms with E-state index in [4.69, 9.17) is 10.2 Å². The summed E-state index contributed by atoms with van der Waals surface area (Å²) < 4.78 is 60.0. The highest BCUT2D eigenvalue weighted by molar-refractivity contribution is 7.87. The molecule has 7 nitrogen and oxygen atoms in total. The van der Waals surface area contributed by atoms with Crippen LogP contribution in [0.4, 0.5) is 13.2 Å². The Labute approximate surface area is 97.6 Å². The van der Waals surface area contributed by atoms with Gasteiger partial charge in [0.05, 0.1) is 0 Å². The Morgan fingerprint density at radius 1 is 1.17 bits per heavy atom. The Hall–Kier alpha value is -2.22. The van der Waals surface area contributed by atoms with E-state index in [9.17, 15) is 31.2 Å². The van der Waals surface area contributed by atoms with Gasteiger partial charge in [-0.05, 0) is 5.92 Å². The van der Waals surface area contributed by atoms with E-state index >= 15 is 0 Å². The SMILES string of the molecule is C#CC(OS(=O)(=O)C(F)(F)F)=C(C(=O)O)C(=O)O. The zero-order valence-corrected chi connectivity index (χ0v) is 8.87. The predicted octanol–water partition coefficient (Wildman–Crippen LogP) is -0.0909. The van der Waals surface area contributed by atoms with Crippen molar-refractivity contribution >= 4 is 22.1 Å². The third-order valence-corrected chi connectivity index (χ3v) is 2.22. The maximum Gasteiger partial charge on any atom is 0.534 e. The van der Waals surface area contributed by atoms with E-state index in [1.165, 1.54) is 0 Å². The van der Waals surface area contributed by atoms with Gasteiger partial charge in [-0.2, -0.15) is 21.6 Å². The Morgan fingerprint density at radius 2 is 1.56 bits per heavy atom. The molecule has 0 unspecified atom stereocenters. The molecule has 0 atom stereocenters. The monoisotopic (exact) mass is 288 g/mol. The van der Waals surface area contributed by atoms with Crippen LogP contribution < -0.4 is 0 Å². The summed E-state index contributed by atoms with van der Waals surface area (Å²) >= 11 is 0. The van der Waals surface area contributed by atoms with Gasteiger partial charge >= 0.3 is 27.6 Å². The minimum Gasteiger partial charge on any atom is -0.477 e. The van der Waals surface area contributed by atoms with Crippen LogP contribution in [-0.2, 0) is 23.9 Å². The lowest BCUT2D eigenvalue weighted by atomic mass is 10.2. The molecule has 0 aromatic rings. The van der Waals surface area contributed by atoms with Gasteiger partial charge in [-0.3, -0.25) is 0 Å². The highest BCUT2D eigenvalue weighted by atomic mass is 32.2. The van der Waals surface area contributed by atoms with E-state index in [-0.39, 0.29) is 0 Å². The minimum atomic E-state index is -6.25. The molecule has 0 heterocycles. The fraction of sp³-hybridized carbons (Fsp3) is 0.143. The summed E-state index contributed by atoms with van der Waals surface area (Å²) in [5, 5.41) is 16.7. The molecule has 0 saturated carbocycles. The topological polar surface area (TPSA) is 118 Å². The lowest BCUT2D eigenvalue weighted by Gasteiger charge is -2.09. The number of carboxylic acid groups (broad SMARTS) is 2. The van der Waals surface area contributed by atoms with Crippen LogP contribution in [0.2, 0.25) is 0 Å². The average Bonchev–Trinajstić information content (AvgIpc) is 2.12. The van der Waals surface area contributed by atoms with E-state index in [0.29, 0.717) is 0 Å². The number of alkyl halides is 3. The van der Waals surface area contributed by atoms with Crippen LogP contribution in [0.5, 0.6) is 0 Å². The van der Waals surface area contributed by atoms with Crippen LogP contribution in [-0.4, -0.2) is 36.1 Å². The number of rotatable bonds is 4. The van der Waals surface area contributed by atoms with Crippen molar-refractivity contribution in [3.8, 4) is 12.3 Å². The van der Waals surface area contributed by atoms with Gasteiger partial charge in [0.15, 0.2) is 5.57 Å². The van der Waals surface area contributed by atoms with Crippen LogP contribution >= 0.6 is 0 Å². The highest BCUT2D eigenvalue weighted by Crippen LogP contribution is 2.27. The highest BCUT2D eigenvalue weighted by Gasteiger charge is 2.49. The first kappa shape index (κ1) is 15.8. The number of hydrogen-bond acceptors (Lipinski definition) is 5. The number of carboxylic acids is 2. The largest absolute Gasteiger partial charge is 0.534 e. The Balaban J connectivity index is 5.81. The quantitative estimate of drug-likeness (QED) is 0.141. The smallest absolute Gasteiger partial charge is 0.477 e. The van der Waals surface area contributed by atoms with Gasteiger partial charge in [0.25, 0.3) is 0 Å². The molecule has 0 rings (SSSR count). The van der Waals surface area contributed by atoms with Crippen molar-refractivity contribution in [2.24, 2.45) is 0 Å². The van der Waals surface area contributed by atoms with Crippen LogP contribution in [0.1, 0.15) is 0 Å². The number of allylic oxidation sites excluding steroid dienone is 1. The normalized spacial score (nSPS) is 11.2. The molecule has 11 heteroatoms. The summed E-state index contributed by atoms with van der Waals surface area (Å²) in [6.07, 6.45) is 4.51.